The molecule has 0 spiro atoms. The summed E-state index contributed by atoms with van der Waals surface area (Å²) in [5, 5.41) is 8.56. The lowest BCUT2D eigenvalue weighted by molar-refractivity contribution is -0.136. The maximum atomic E-state index is 10.4. The van der Waals surface area contributed by atoms with E-state index in [2.05, 4.69) is 9.97 Å². The van der Waals surface area contributed by atoms with Gasteiger partial charge < -0.3 is 10.1 Å². The SMILES string of the molecule is O=C(O)Cc1c[nH]c2cncc-2c1. The van der Waals surface area contributed by atoms with Crippen LogP contribution in [0.3, 0.4) is 0 Å². The highest BCUT2D eigenvalue weighted by atomic mass is 16.4. The first-order chi connectivity index (χ1) is 6.25. The molecular formula is C9H8N2O2. The molecule has 0 aromatic heterocycles. The number of carboxylic acids is 1. The topological polar surface area (TPSA) is 66.0 Å². The van der Waals surface area contributed by atoms with E-state index in [9.17, 15) is 4.79 Å². The minimum absolute atomic E-state index is 0.0393. The molecule has 2 aliphatic heterocycles. The van der Waals surface area contributed by atoms with E-state index in [4.69, 9.17) is 5.11 Å². The fraction of sp³-hybridized carbons (Fsp3) is 0.111. The van der Waals surface area contributed by atoms with Crippen LogP contribution in [0.25, 0.3) is 11.3 Å². The van der Waals surface area contributed by atoms with Gasteiger partial charge in [-0.25, -0.2) is 0 Å². The Labute approximate surface area is 74.6 Å². The van der Waals surface area contributed by atoms with Crippen LogP contribution in [0.1, 0.15) is 5.56 Å². The quantitative estimate of drug-likeness (QED) is 0.721. The molecule has 0 atom stereocenters. The number of carbonyl (C=O) groups is 1. The highest BCUT2D eigenvalue weighted by molar-refractivity contribution is 5.71. The van der Waals surface area contributed by atoms with Gasteiger partial charge >= 0.3 is 5.97 Å². The van der Waals surface area contributed by atoms with E-state index in [1.165, 1.54) is 0 Å². The number of aliphatic carboxylic acids is 1. The minimum Gasteiger partial charge on any atom is -0.481 e. The van der Waals surface area contributed by atoms with Gasteiger partial charge in [0, 0.05) is 18.0 Å². The molecule has 0 unspecified atom stereocenters. The third kappa shape index (κ3) is 1.51. The van der Waals surface area contributed by atoms with Crippen molar-refractivity contribution in [3.8, 4) is 11.3 Å². The molecule has 0 saturated heterocycles. The molecule has 4 heteroatoms. The van der Waals surface area contributed by atoms with Crippen molar-refractivity contribution in [3.63, 3.8) is 0 Å². The van der Waals surface area contributed by atoms with E-state index in [1.807, 2.05) is 6.07 Å². The summed E-state index contributed by atoms with van der Waals surface area (Å²) in [6, 6.07) is 1.83. The van der Waals surface area contributed by atoms with Gasteiger partial charge in [0.05, 0.1) is 18.3 Å². The number of nitrogens with zero attached hydrogens (tertiary/aromatic N) is 1. The number of nitrogens with one attached hydrogen (secondary N) is 1. The molecule has 66 valence electrons. The summed E-state index contributed by atoms with van der Waals surface area (Å²) in [7, 11) is 0. The number of aromatic amines is 1. The zero-order chi connectivity index (χ0) is 9.26. The molecule has 0 amide bonds. The van der Waals surface area contributed by atoms with Crippen LogP contribution in [-0.2, 0) is 11.2 Å². The number of carboxylic acid groups (broad SMARTS) is 1. The predicted octanol–water partition coefficient (Wildman–Crippen LogP) is 1.14. The van der Waals surface area contributed by atoms with Gasteiger partial charge in [0.15, 0.2) is 0 Å². The van der Waals surface area contributed by atoms with Crippen LogP contribution in [0.15, 0.2) is 24.7 Å². The highest BCUT2D eigenvalue weighted by Gasteiger charge is 2.06. The normalized spacial score (nSPS) is 10.5. The second-order valence-electron chi connectivity index (χ2n) is 2.85. The van der Waals surface area contributed by atoms with Gasteiger partial charge in [-0.2, -0.15) is 0 Å². The number of H-pyrrole nitrogens is 1. The number of hydrogen-bond acceptors (Lipinski definition) is 2. The van der Waals surface area contributed by atoms with E-state index < -0.39 is 5.97 Å². The highest BCUT2D eigenvalue weighted by Crippen LogP contribution is 2.19. The lowest BCUT2D eigenvalue weighted by Crippen LogP contribution is -2.00. The zero-order valence-corrected chi connectivity index (χ0v) is 6.82. The Bertz CT molecular complexity index is 408. The molecule has 0 fully saturated rings. The molecule has 0 aromatic rings. The molecule has 2 N–H and O–H groups in total. The monoisotopic (exact) mass is 176 g/mol. The lowest BCUT2D eigenvalue weighted by atomic mass is 10.1. The number of rotatable bonds is 2. The molecule has 0 aromatic carbocycles. The Morgan fingerprint density at radius 2 is 2.38 bits per heavy atom. The van der Waals surface area contributed by atoms with E-state index in [0.29, 0.717) is 0 Å². The lowest BCUT2D eigenvalue weighted by Gasteiger charge is -2.01. The largest absolute Gasteiger partial charge is 0.481 e. The summed E-state index contributed by atoms with van der Waals surface area (Å²) in [6.07, 6.45) is 5.15. The smallest absolute Gasteiger partial charge is 0.307 e. The zero-order valence-electron chi connectivity index (χ0n) is 6.82. The average molecular weight is 176 g/mol. The van der Waals surface area contributed by atoms with E-state index in [1.54, 1.807) is 18.6 Å². The van der Waals surface area contributed by atoms with Crippen LogP contribution < -0.4 is 0 Å². The average Bonchev–Trinajstić information content (AvgIpc) is 2.49. The number of hydrogen-bond donors (Lipinski definition) is 2. The molecule has 0 radical (unpaired) electrons. The molecule has 0 bridgehead atoms. The van der Waals surface area contributed by atoms with Gasteiger partial charge in [0.25, 0.3) is 0 Å². The second kappa shape index (κ2) is 2.90. The first-order valence-electron chi connectivity index (χ1n) is 3.88. The Balaban J connectivity index is 2.38. The fourth-order valence-electron chi connectivity index (χ4n) is 1.26. The fourth-order valence-corrected chi connectivity index (χ4v) is 1.26. The van der Waals surface area contributed by atoms with Crippen LogP contribution >= 0.6 is 0 Å². The summed E-state index contributed by atoms with van der Waals surface area (Å²) < 4.78 is 0. The molecule has 0 saturated carbocycles. The van der Waals surface area contributed by atoms with Crippen LogP contribution in [0.5, 0.6) is 0 Å². The Morgan fingerprint density at radius 1 is 1.54 bits per heavy atom. The van der Waals surface area contributed by atoms with E-state index in [0.717, 1.165) is 16.8 Å². The van der Waals surface area contributed by atoms with Gasteiger partial charge in [-0.1, -0.05) is 0 Å². The molecule has 0 aliphatic carbocycles. The summed E-state index contributed by atoms with van der Waals surface area (Å²) in [4.78, 5) is 17.3. The summed E-state index contributed by atoms with van der Waals surface area (Å²) in [5.74, 6) is -0.827. The second-order valence-corrected chi connectivity index (χ2v) is 2.85. The molecular weight excluding hydrogens is 168 g/mol. The van der Waals surface area contributed by atoms with Crippen molar-refractivity contribution in [2.75, 3.05) is 0 Å². The first-order valence-corrected chi connectivity index (χ1v) is 3.88. The molecule has 4 nitrogen and oxygen atoms in total. The van der Waals surface area contributed by atoms with Crippen molar-refractivity contribution < 1.29 is 9.90 Å². The van der Waals surface area contributed by atoms with Crippen molar-refractivity contribution in [1.82, 2.24) is 9.97 Å². The molecule has 2 rings (SSSR count). The third-order valence-corrected chi connectivity index (χ3v) is 1.84. The molecule has 13 heavy (non-hydrogen) atoms. The van der Waals surface area contributed by atoms with Crippen molar-refractivity contribution in [1.29, 1.82) is 0 Å². The van der Waals surface area contributed by atoms with Crippen LogP contribution in [0.4, 0.5) is 0 Å². The number of aromatic nitrogens is 2. The third-order valence-electron chi connectivity index (χ3n) is 1.84. The maximum absolute atomic E-state index is 10.4. The van der Waals surface area contributed by atoms with Gasteiger partial charge in [-0.15, -0.1) is 0 Å². The van der Waals surface area contributed by atoms with Gasteiger partial charge in [0.2, 0.25) is 0 Å². The summed E-state index contributed by atoms with van der Waals surface area (Å²) in [5.41, 5.74) is 2.63. The van der Waals surface area contributed by atoms with Crippen LogP contribution in [-0.4, -0.2) is 21.0 Å². The molecule has 2 heterocycles. The van der Waals surface area contributed by atoms with E-state index >= 15 is 0 Å². The van der Waals surface area contributed by atoms with Gasteiger partial charge in [-0.05, 0) is 11.6 Å². The van der Waals surface area contributed by atoms with E-state index in [-0.39, 0.29) is 6.42 Å². The Kier molecular flexibility index (Phi) is 1.73. The minimum atomic E-state index is -0.827. The van der Waals surface area contributed by atoms with Crippen molar-refractivity contribution in [2.45, 2.75) is 6.42 Å². The molecule has 2 aliphatic rings. The van der Waals surface area contributed by atoms with Gasteiger partial charge in [-0.3, -0.25) is 9.78 Å². The summed E-state index contributed by atoms with van der Waals surface area (Å²) >= 11 is 0. The standard InChI is InChI=1S/C9H8N2O2/c12-9(13)2-6-1-7-4-10-5-8(7)11-3-6/h1,3-5,11H,2H2,(H,12,13). The maximum Gasteiger partial charge on any atom is 0.307 e. The van der Waals surface area contributed by atoms with Crippen LogP contribution in [0, 0.1) is 0 Å². The van der Waals surface area contributed by atoms with Crippen molar-refractivity contribution in [2.24, 2.45) is 0 Å². The Hall–Kier alpha value is -1.84. The van der Waals surface area contributed by atoms with Crippen LogP contribution in [0.2, 0.25) is 0 Å². The number of fused-ring (bicyclic) bond motifs is 1. The van der Waals surface area contributed by atoms with Crippen molar-refractivity contribution in [3.05, 3.63) is 30.2 Å². The predicted molar refractivity (Wildman–Crippen MR) is 46.5 cm³/mol. The summed E-state index contributed by atoms with van der Waals surface area (Å²) in [6.45, 7) is 0. The number of pyridine rings is 1. The Morgan fingerprint density at radius 3 is 3.15 bits per heavy atom. The van der Waals surface area contributed by atoms with Crippen molar-refractivity contribution >= 4 is 5.97 Å². The van der Waals surface area contributed by atoms with Gasteiger partial charge in [0.1, 0.15) is 0 Å². The first kappa shape index (κ1) is 7.79.